The van der Waals surface area contributed by atoms with E-state index in [1.165, 1.54) is 32.3 Å². The van der Waals surface area contributed by atoms with Gasteiger partial charge < -0.3 is 4.74 Å². The summed E-state index contributed by atoms with van der Waals surface area (Å²) in [4.78, 5) is 11.5. The number of hydrogen-bond donors (Lipinski definition) is 0. The van der Waals surface area contributed by atoms with E-state index in [2.05, 4.69) is 4.74 Å². The van der Waals surface area contributed by atoms with Crippen molar-refractivity contribution in [1.82, 2.24) is 8.61 Å². The Labute approximate surface area is 90.0 Å². The number of esters is 1. The summed E-state index contributed by atoms with van der Waals surface area (Å²) in [5, 5.41) is 0. The molecular weight excluding hydrogens is 220 g/mol. The van der Waals surface area contributed by atoms with Crippen LogP contribution >= 0.6 is 0 Å². The number of rotatable bonds is 2. The largest absolute Gasteiger partial charge is 0.468 e. The van der Waals surface area contributed by atoms with Gasteiger partial charge in [0.25, 0.3) is 10.2 Å². The molecule has 0 aromatic rings. The molecule has 1 aliphatic rings. The van der Waals surface area contributed by atoms with Gasteiger partial charge >= 0.3 is 5.97 Å². The monoisotopic (exact) mass is 236 g/mol. The second kappa shape index (κ2) is 3.73. The lowest BCUT2D eigenvalue weighted by Crippen LogP contribution is -2.52. The molecule has 0 aliphatic carbocycles. The zero-order chi connectivity index (χ0) is 11.9. The average Bonchev–Trinajstić information content (AvgIpc) is 2.41. The van der Waals surface area contributed by atoms with E-state index in [0.29, 0.717) is 13.1 Å². The molecule has 88 valence electrons. The van der Waals surface area contributed by atoms with Gasteiger partial charge in [-0.1, -0.05) is 0 Å². The first kappa shape index (κ1) is 12.4. The lowest BCUT2D eigenvalue weighted by Gasteiger charge is -2.30. The maximum atomic E-state index is 11.8. The zero-order valence-corrected chi connectivity index (χ0v) is 10.2. The Morgan fingerprint density at radius 2 is 1.87 bits per heavy atom. The van der Waals surface area contributed by atoms with Crippen molar-refractivity contribution in [3.05, 3.63) is 0 Å². The predicted octanol–water partition coefficient (Wildman–Crippen LogP) is -0.570. The van der Waals surface area contributed by atoms with Crippen LogP contribution in [0.2, 0.25) is 0 Å². The molecule has 15 heavy (non-hydrogen) atoms. The highest BCUT2D eigenvalue weighted by Gasteiger charge is 2.47. The van der Waals surface area contributed by atoms with E-state index < -0.39 is 21.7 Å². The van der Waals surface area contributed by atoms with Crippen LogP contribution in [0.4, 0.5) is 0 Å². The van der Waals surface area contributed by atoms with Crippen LogP contribution in [0.3, 0.4) is 0 Å². The third kappa shape index (κ3) is 1.86. The minimum absolute atomic E-state index is 0.306. The second-order valence-electron chi connectivity index (χ2n) is 3.95. The van der Waals surface area contributed by atoms with Crippen LogP contribution in [0.25, 0.3) is 0 Å². The first-order chi connectivity index (χ1) is 6.74. The number of likely N-dealkylation sites (N-methyl/N-ethyl adjacent to an activating group) is 1. The molecule has 0 N–H and O–H groups in total. The minimum Gasteiger partial charge on any atom is -0.468 e. The predicted molar refractivity (Wildman–Crippen MR) is 54.4 cm³/mol. The SMILES string of the molecule is COC(=O)C(C)(C)N1CCN(C)S1(=O)=O. The molecule has 7 heteroatoms. The average molecular weight is 236 g/mol. The van der Waals surface area contributed by atoms with Gasteiger partial charge in [0, 0.05) is 20.1 Å². The summed E-state index contributed by atoms with van der Waals surface area (Å²) in [6, 6.07) is 0. The van der Waals surface area contributed by atoms with Gasteiger partial charge in [0.2, 0.25) is 0 Å². The number of hydrogen-bond acceptors (Lipinski definition) is 4. The Hall–Kier alpha value is -0.660. The van der Waals surface area contributed by atoms with Crippen molar-refractivity contribution >= 4 is 16.2 Å². The first-order valence-corrected chi connectivity index (χ1v) is 5.97. The molecule has 1 fully saturated rings. The molecular formula is C8H16N2O4S. The molecule has 0 radical (unpaired) electrons. The Morgan fingerprint density at radius 3 is 2.20 bits per heavy atom. The maximum absolute atomic E-state index is 11.8. The van der Waals surface area contributed by atoms with Crippen molar-refractivity contribution in [1.29, 1.82) is 0 Å². The van der Waals surface area contributed by atoms with Gasteiger partial charge in [-0.05, 0) is 13.8 Å². The fourth-order valence-electron chi connectivity index (χ4n) is 1.55. The summed E-state index contributed by atoms with van der Waals surface area (Å²) in [7, 11) is -0.777. The smallest absolute Gasteiger partial charge is 0.326 e. The van der Waals surface area contributed by atoms with E-state index >= 15 is 0 Å². The van der Waals surface area contributed by atoms with Gasteiger partial charge in [0.05, 0.1) is 7.11 Å². The highest BCUT2D eigenvalue weighted by molar-refractivity contribution is 7.87. The number of carbonyl (C=O) groups excluding carboxylic acids is 1. The molecule has 0 unspecified atom stereocenters. The van der Waals surface area contributed by atoms with Crippen LogP contribution in [0.1, 0.15) is 13.8 Å². The van der Waals surface area contributed by atoms with Gasteiger partial charge in [0.1, 0.15) is 5.54 Å². The molecule has 6 nitrogen and oxygen atoms in total. The molecule has 0 aromatic heterocycles. The van der Waals surface area contributed by atoms with Crippen molar-refractivity contribution in [2.45, 2.75) is 19.4 Å². The van der Waals surface area contributed by atoms with Crippen LogP contribution in [-0.4, -0.2) is 55.8 Å². The quantitative estimate of drug-likeness (QED) is 0.602. The first-order valence-electron chi connectivity index (χ1n) is 4.57. The van der Waals surface area contributed by atoms with Gasteiger partial charge in [-0.15, -0.1) is 0 Å². The summed E-state index contributed by atoms with van der Waals surface area (Å²) in [6.45, 7) is 3.77. The highest BCUT2D eigenvalue weighted by atomic mass is 32.2. The molecule has 1 rings (SSSR count). The summed E-state index contributed by atoms with van der Waals surface area (Å²) >= 11 is 0. The van der Waals surface area contributed by atoms with Crippen LogP contribution in [-0.2, 0) is 19.7 Å². The van der Waals surface area contributed by atoms with Crippen molar-refractivity contribution in [2.24, 2.45) is 0 Å². The molecule has 1 heterocycles. The van der Waals surface area contributed by atoms with E-state index in [9.17, 15) is 13.2 Å². The second-order valence-corrected chi connectivity index (χ2v) is 5.91. The lowest BCUT2D eigenvalue weighted by molar-refractivity contribution is -0.150. The fourth-order valence-corrected chi connectivity index (χ4v) is 3.16. The summed E-state index contributed by atoms with van der Waals surface area (Å²) in [5.41, 5.74) is -1.15. The van der Waals surface area contributed by atoms with Gasteiger partial charge in [-0.3, -0.25) is 4.79 Å². The molecule has 1 aliphatic heterocycles. The van der Waals surface area contributed by atoms with Crippen molar-refractivity contribution in [3.8, 4) is 0 Å². The number of carbonyl (C=O) groups is 1. The van der Waals surface area contributed by atoms with Crippen LogP contribution in [0.15, 0.2) is 0 Å². The number of ether oxygens (including phenoxy) is 1. The Morgan fingerprint density at radius 1 is 1.33 bits per heavy atom. The fraction of sp³-hybridized carbons (Fsp3) is 0.875. The lowest BCUT2D eigenvalue weighted by atomic mass is 10.1. The van der Waals surface area contributed by atoms with Crippen LogP contribution in [0.5, 0.6) is 0 Å². The topological polar surface area (TPSA) is 66.9 Å². The van der Waals surface area contributed by atoms with Crippen molar-refractivity contribution in [2.75, 3.05) is 27.2 Å². The van der Waals surface area contributed by atoms with Crippen LogP contribution in [0, 0.1) is 0 Å². The van der Waals surface area contributed by atoms with Crippen molar-refractivity contribution in [3.63, 3.8) is 0 Å². The number of nitrogens with zero attached hydrogens (tertiary/aromatic N) is 2. The van der Waals surface area contributed by atoms with Crippen LogP contribution < -0.4 is 0 Å². The van der Waals surface area contributed by atoms with E-state index in [1.807, 2.05) is 0 Å². The number of methoxy groups -OCH3 is 1. The molecule has 0 amide bonds. The van der Waals surface area contributed by atoms with Gasteiger partial charge in [0.15, 0.2) is 0 Å². The summed E-state index contributed by atoms with van der Waals surface area (Å²) in [6.07, 6.45) is 0. The zero-order valence-electron chi connectivity index (χ0n) is 9.35. The third-order valence-electron chi connectivity index (χ3n) is 2.60. The maximum Gasteiger partial charge on any atom is 0.326 e. The normalized spacial score (nSPS) is 22.9. The molecule has 0 bridgehead atoms. The van der Waals surface area contributed by atoms with E-state index in [4.69, 9.17) is 0 Å². The Kier molecular flexibility index (Phi) is 3.09. The van der Waals surface area contributed by atoms with Gasteiger partial charge in [-0.2, -0.15) is 17.0 Å². The summed E-state index contributed by atoms with van der Waals surface area (Å²) in [5.74, 6) is -0.554. The van der Waals surface area contributed by atoms with E-state index in [-0.39, 0.29) is 0 Å². The standard InChI is InChI=1S/C8H16N2O4S/c1-8(2,7(11)14-4)10-6-5-9(3)15(10,12)13/h5-6H2,1-4H3. The third-order valence-corrected chi connectivity index (χ3v) is 4.77. The van der Waals surface area contributed by atoms with E-state index in [1.54, 1.807) is 0 Å². The molecule has 1 saturated heterocycles. The Balaban J connectivity index is 3.05. The Bertz CT molecular complexity index is 363. The van der Waals surface area contributed by atoms with Gasteiger partial charge in [-0.25, -0.2) is 0 Å². The molecule has 0 saturated carbocycles. The molecule has 0 spiro atoms. The minimum atomic E-state index is -3.51. The van der Waals surface area contributed by atoms with E-state index in [0.717, 1.165) is 4.31 Å². The van der Waals surface area contributed by atoms with Crippen molar-refractivity contribution < 1.29 is 17.9 Å². The highest BCUT2D eigenvalue weighted by Crippen LogP contribution is 2.26. The molecule has 0 atom stereocenters. The molecule has 0 aromatic carbocycles. The summed E-state index contributed by atoms with van der Waals surface area (Å²) < 4.78 is 30.6.